The third kappa shape index (κ3) is 8.51. The Morgan fingerprint density at radius 2 is 1.61 bits per heavy atom. The van der Waals surface area contributed by atoms with Crippen LogP contribution in [0.15, 0.2) is 0 Å². The minimum absolute atomic E-state index is 0.113. The number of ether oxygens (including phenoxy) is 3. The first-order valence-electron chi connectivity index (χ1n) is 9.75. The Morgan fingerprint density at radius 1 is 0.957 bits per heavy atom. The van der Waals surface area contributed by atoms with Gasteiger partial charge in [-0.2, -0.15) is 0 Å². The Morgan fingerprint density at radius 3 is 2.22 bits per heavy atom. The molecule has 0 amide bonds. The average Bonchev–Trinajstić information content (AvgIpc) is 2.48. The van der Waals surface area contributed by atoms with Crippen LogP contribution < -0.4 is 0 Å². The maximum Gasteiger partial charge on any atom is 0.0707 e. The molecule has 3 nitrogen and oxygen atoms in total. The van der Waals surface area contributed by atoms with Crippen molar-refractivity contribution < 1.29 is 14.2 Å². The number of hydrogen-bond acceptors (Lipinski definition) is 3. The van der Waals surface area contributed by atoms with Gasteiger partial charge in [0.25, 0.3) is 0 Å². The highest BCUT2D eigenvalue weighted by molar-refractivity contribution is 4.89. The second-order valence-corrected chi connectivity index (χ2v) is 8.06. The van der Waals surface area contributed by atoms with E-state index in [0.717, 1.165) is 51.8 Å². The van der Waals surface area contributed by atoms with Crippen LogP contribution in [-0.4, -0.2) is 38.6 Å². The van der Waals surface area contributed by atoms with Crippen LogP contribution in [0.2, 0.25) is 0 Å². The van der Waals surface area contributed by atoms with Gasteiger partial charge in [0.1, 0.15) is 0 Å². The van der Waals surface area contributed by atoms with Crippen LogP contribution in [-0.2, 0) is 14.2 Å². The van der Waals surface area contributed by atoms with Crippen LogP contribution >= 0.6 is 0 Å². The first-order valence-corrected chi connectivity index (χ1v) is 9.75. The van der Waals surface area contributed by atoms with E-state index in [2.05, 4.69) is 34.6 Å². The van der Waals surface area contributed by atoms with E-state index < -0.39 is 0 Å². The summed E-state index contributed by atoms with van der Waals surface area (Å²) in [5.74, 6) is 2.02. The molecule has 0 heterocycles. The van der Waals surface area contributed by atoms with Crippen molar-refractivity contribution in [3.05, 3.63) is 0 Å². The fourth-order valence-corrected chi connectivity index (χ4v) is 3.49. The Balaban J connectivity index is 2.04. The van der Waals surface area contributed by atoms with Crippen LogP contribution in [0.5, 0.6) is 0 Å². The minimum atomic E-state index is 0.113. The lowest BCUT2D eigenvalue weighted by Crippen LogP contribution is -2.43. The lowest BCUT2D eigenvalue weighted by atomic mass is 9.73. The van der Waals surface area contributed by atoms with E-state index in [1.807, 2.05) is 0 Å². The van der Waals surface area contributed by atoms with Gasteiger partial charge in [0, 0.05) is 33.0 Å². The minimum Gasteiger partial charge on any atom is -0.381 e. The SMILES string of the molecule is CC(C)COCCCOCCCOC1(C(C)C)CCCC(C)C1. The van der Waals surface area contributed by atoms with E-state index in [1.165, 1.54) is 25.7 Å². The van der Waals surface area contributed by atoms with Gasteiger partial charge < -0.3 is 14.2 Å². The smallest absolute Gasteiger partial charge is 0.0707 e. The summed E-state index contributed by atoms with van der Waals surface area (Å²) >= 11 is 0. The monoisotopic (exact) mass is 328 g/mol. The summed E-state index contributed by atoms with van der Waals surface area (Å²) in [6.07, 6.45) is 7.10. The molecule has 0 aliphatic heterocycles. The summed E-state index contributed by atoms with van der Waals surface area (Å²) < 4.78 is 17.6. The number of rotatable bonds is 12. The summed E-state index contributed by atoms with van der Waals surface area (Å²) in [7, 11) is 0. The van der Waals surface area contributed by atoms with Crippen molar-refractivity contribution in [1.29, 1.82) is 0 Å². The normalized spacial score (nSPS) is 25.4. The second-order valence-electron chi connectivity index (χ2n) is 8.06. The molecule has 138 valence electrons. The molecule has 0 aromatic rings. The zero-order valence-corrected chi connectivity index (χ0v) is 16.2. The fraction of sp³-hybridized carbons (Fsp3) is 1.00. The Hall–Kier alpha value is -0.120. The summed E-state index contributed by atoms with van der Waals surface area (Å²) in [5.41, 5.74) is 0.113. The third-order valence-corrected chi connectivity index (χ3v) is 4.89. The Labute approximate surface area is 144 Å². The molecule has 1 rings (SSSR count). The van der Waals surface area contributed by atoms with Gasteiger partial charge in [-0.25, -0.2) is 0 Å². The van der Waals surface area contributed by atoms with Crippen LogP contribution in [0.4, 0.5) is 0 Å². The molecule has 0 N–H and O–H groups in total. The van der Waals surface area contributed by atoms with E-state index in [-0.39, 0.29) is 5.60 Å². The van der Waals surface area contributed by atoms with Gasteiger partial charge in [0.15, 0.2) is 0 Å². The van der Waals surface area contributed by atoms with Gasteiger partial charge in [-0.1, -0.05) is 47.5 Å². The molecule has 2 atom stereocenters. The fourth-order valence-electron chi connectivity index (χ4n) is 3.49. The molecule has 1 fully saturated rings. The highest BCUT2D eigenvalue weighted by Gasteiger charge is 2.38. The zero-order chi connectivity index (χ0) is 17.1. The zero-order valence-electron chi connectivity index (χ0n) is 16.2. The van der Waals surface area contributed by atoms with E-state index in [0.29, 0.717) is 11.8 Å². The van der Waals surface area contributed by atoms with E-state index in [9.17, 15) is 0 Å². The van der Waals surface area contributed by atoms with E-state index in [1.54, 1.807) is 0 Å². The van der Waals surface area contributed by atoms with Crippen LogP contribution in [0, 0.1) is 17.8 Å². The van der Waals surface area contributed by atoms with E-state index in [4.69, 9.17) is 14.2 Å². The molecule has 0 spiro atoms. The molecule has 3 heteroatoms. The Bertz CT molecular complexity index is 291. The molecule has 1 aliphatic rings. The molecule has 0 bridgehead atoms. The van der Waals surface area contributed by atoms with Crippen molar-refractivity contribution in [2.24, 2.45) is 17.8 Å². The molecule has 23 heavy (non-hydrogen) atoms. The molecule has 2 unspecified atom stereocenters. The van der Waals surface area contributed by atoms with Crippen LogP contribution in [0.1, 0.15) is 73.1 Å². The summed E-state index contributed by atoms with van der Waals surface area (Å²) in [5, 5.41) is 0. The van der Waals surface area contributed by atoms with Gasteiger partial charge in [-0.05, 0) is 43.4 Å². The van der Waals surface area contributed by atoms with Crippen molar-refractivity contribution >= 4 is 0 Å². The molecule has 0 aromatic carbocycles. The predicted octanol–water partition coefficient (Wildman–Crippen LogP) is 5.08. The van der Waals surface area contributed by atoms with Crippen molar-refractivity contribution in [2.45, 2.75) is 78.7 Å². The van der Waals surface area contributed by atoms with Crippen molar-refractivity contribution in [3.63, 3.8) is 0 Å². The van der Waals surface area contributed by atoms with Crippen molar-refractivity contribution in [3.8, 4) is 0 Å². The molecular formula is C20H40O3. The molecule has 0 aromatic heterocycles. The molecule has 0 radical (unpaired) electrons. The van der Waals surface area contributed by atoms with E-state index >= 15 is 0 Å². The standard InChI is InChI=1S/C20H40O3/c1-17(2)16-22-13-7-11-21-12-8-14-23-20(18(3)4)10-6-9-19(5)15-20/h17-19H,6-16H2,1-5H3. The Kier molecular flexibility index (Phi) is 10.4. The van der Waals surface area contributed by atoms with Gasteiger partial charge >= 0.3 is 0 Å². The van der Waals surface area contributed by atoms with Crippen LogP contribution in [0.3, 0.4) is 0 Å². The van der Waals surface area contributed by atoms with Gasteiger partial charge in [0.2, 0.25) is 0 Å². The van der Waals surface area contributed by atoms with Crippen molar-refractivity contribution in [2.75, 3.05) is 33.0 Å². The molecule has 1 saturated carbocycles. The molecular weight excluding hydrogens is 288 g/mol. The third-order valence-electron chi connectivity index (χ3n) is 4.89. The largest absolute Gasteiger partial charge is 0.381 e. The van der Waals surface area contributed by atoms with Crippen molar-refractivity contribution in [1.82, 2.24) is 0 Å². The summed E-state index contributed by atoms with van der Waals surface area (Å²) in [6, 6.07) is 0. The quantitative estimate of drug-likeness (QED) is 0.468. The first kappa shape index (κ1) is 20.9. The highest BCUT2D eigenvalue weighted by atomic mass is 16.5. The molecule has 0 saturated heterocycles. The lowest BCUT2D eigenvalue weighted by molar-refractivity contribution is -0.115. The topological polar surface area (TPSA) is 27.7 Å². The maximum atomic E-state index is 6.37. The maximum absolute atomic E-state index is 6.37. The first-order chi connectivity index (χ1) is 11.0. The van der Waals surface area contributed by atoms with Gasteiger partial charge in [-0.3, -0.25) is 0 Å². The average molecular weight is 329 g/mol. The molecule has 1 aliphatic carbocycles. The lowest BCUT2D eigenvalue weighted by Gasteiger charge is -2.43. The predicted molar refractivity (Wildman–Crippen MR) is 96.9 cm³/mol. The van der Waals surface area contributed by atoms with Crippen LogP contribution in [0.25, 0.3) is 0 Å². The number of hydrogen-bond donors (Lipinski definition) is 0. The summed E-state index contributed by atoms with van der Waals surface area (Å²) in [4.78, 5) is 0. The summed E-state index contributed by atoms with van der Waals surface area (Å²) in [6.45, 7) is 15.4. The van der Waals surface area contributed by atoms with Gasteiger partial charge in [-0.15, -0.1) is 0 Å². The highest BCUT2D eigenvalue weighted by Crippen LogP contribution is 2.40. The van der Waals surface area contributed by atoms with Gasteiger partial charge in [0.05, 0.1) is 5.60 Å². The second kappa shape index (κ2) is 11.4.